The summed E-state index contributed by atoms with van der Waals surface area (Å²) in [5.74, 6) is 0.632. The van der Waals surface area contributed by atoms with E-state index in [1.807, 2.05) is 21.5 Å². The van der Waals surface area contributed by atoms with Crippen molar-refractivity contribution in [2.45, 2.75) is 31.7 Å². The van der Waals surface area contributed by atoms with Crippen molar-refractivity contribution < 1.29 is 4.79 Å². The van der Waals surface area contributed by atoms with Crippen molar-refractivity contribution >= 4 is 17.2 Å². The number of amides is 1. The molecule has 7 heteroatoms. The third-order valence-electron chi connectivity index (χ3n) is 4.22. The molecule has 4 rings (SSSR count). The third kappa shape index (κ3) is 3.93. The van der Waals surface area contributed by atoms with Crippen molar-refractivity contribution in [3.05, 3.63) is 52.7 Å². The monoisotopic (exact) mass is 353 g/mol. The van der Waals surface area contributed by atoms with Crippen LogP contribution in [0.2, 0.25) is 0 Å². The zero-order valence-corrected chi connectivity index (χ0v) is 14.6. The zero-order chi connectivity index (χ0) is 17.1. The minimum atomic E-state index is 0.0488. The highest BCUT2D eigenvalue weighted by atomic mass is 32.1. The highest BCUT2D eigenvalue weighted by Crippen LogP contribution is 2.41. The molecule has 0 aromatic carbocycles. The first-order valence-electron chi connectivity index (χ1n) is 8.41. The lowest BCUT2D eigenvalue weighted by Gasteiger charge is -2.08. The van der Waals surface area contributed by atoms with E-state index in [9.17, 15) is 4.79 Å². The van der Waals surface area contributed by atoms with Gasteiger partial charge in [-0.3, -0.25) is 19.4 Å². The number of hydrogen-bond acceptors (Lipinski definition) is 5. The van der Waals surface area contributed by atoms with E-state index in [4.69, 9.17) is 0 Å². The molecular formula is C18H19N5OS. The maximum atomic E-state index is 12.0. The largest absolute Gasteiger partial charge is 0.354 e. The number of hydrogen-bond donors (Lipinski definition) is 1. The van der Waals surface area contributed by atoms with Gasteiger partial charge in [-0.2, -0.15) is 16.4 Å². The molecule has 1 aliphatic rings. The van der Waals surface area contributed by atoms with Crippen LogP contribution >= 0.6 is 11.3 Å². The van der Waals surface area contributed by atoms with Crippen LogP contribution in [0.1, 0.15) is 30.0 Å². The molecule has 0 bridgehead atoms. The molecule has 3 aromatic heterocycles. The first kappa shape index (κ1) is 16.0. The average molecular weight is 353 g/mol. The minimum absolute atomic E-state index is 0.0488. The number of aromatic nitrogens is 4. The van der Waals surface area contributed by atoms with Crippen LogP contribution in [-0.2, 0) is 17.8 Å². The van der Waals surface area contributed by atoms with Crippen molar-refractivity contribution in [3.8, 4) is 11.4 Å². The van der Waals surface area contributed by atoms with Crippen molar-refractivity contribution in [2.24, 2.45) is 0 Å². The lowest BCUT2D eigenvalue weighted by atomic mass is 10.2. The average Bonchev–Trinajstić information content (AvgIpc) is 3.18. The smallest absolute Gasteiger partial charge is 0.224 e. The predicted molar refractivity (Wildman–Crippen MR) is 96.3 cm³/mol. The number of nitrogens with zero attached hydrogens (tertiary/aromatic N) is 4. The van der Waals surface area contributed by atoms with Gasteiger partial charge >= 0.3 is 0 Å². The van der Waals surface area contributed by atoms with Crippen molar-refractivity contribution in [1.82, 2.24) is 25.1 Å². The minimum Gasteiger partial charge on any atom is -0.354 e. The SMILES string of the molecule is O=C(Cc1ccsc1)NCCn1nc(-c2cnccn2)cc1C1CC1. The Labute approximate surface area is 149 Å². The van der Waals surface area contributed by atoms with Gasteiger partial charge in [-0.05, 0) is 41.3 Å². The summed E-state index contributed by atoms with van der Waals surface area (Å²) in [4.78, 5) is 20.4. The van der Waals surface area contributed by atoms with Gasteiger partial charge < -0.3 is 5.32 Å². The van der Waals surface area contributed by atoms with Crippen LogP contribution in [-0.4, -0.2) is 32.2 Å². The van der Waals surface area contributed by atoms with Gasteiger partial charge in [0.05, 0.1) is 19.2 Å². The molecule has 128 valence electrons. The van der Waals surface area contributed by atoms with Crippen LogP contribution in [0.3, 0.4) is 0 Å². The van der Waals surface area contributed by atoms with E-state index in [-0.39, 0.29) is 5.91 Å². The summed E-state index contributed by atoms with van der Waals surface area (Å²) in [6.07, 6.45) is 7.91. The Hall–Kier alpha value is -2.54. The molecule has 1 fully saturated rings. The number of thiophene rings is 1. The van der Waals surface area contributed by atoms with E-state index in [1.165, 1.54) is 18.5 Å². The van der Waals surface area contributed by atoms with Gasteiger partial charge in [-0.1, -0.05) is 0 Å². The van der Waals surface area contributed by atoms with Gasteiger partial charge in [-0.25, -0.2) is 0 Å². The van der Waals surface area contributed by atoms with Crippen LogP contribution in [0.4, 0.5) is 0 Å². The van der Waals surface area contributed by atoms with Crippen LogP contribution < -0.4 is 5.32 Å². The fraction of sp³-hybridized carbons (Fsp3) is 0.333. The van der Waals surface area contributed by atoms with Gasteiger partial charge in [0, 0.05) is 30.6 Å². The number of carbonyl (C=O) groups is 1. The molecule has 0 unspecified atom stereocenters. The Morgan fingerprint density at radius 2 is 2.24 bits per heavy atom. The summed E-state index contributed by atoms with van der Waals surface area (Å²) in [6.45, 7) is 1.24. The van der Waals surface area contributed by atoms with Crippen LogP contribution in [0.25, 0.3) is 11.4 Å². The van der Waals surface area contributed by atoms with E-state index < -0.39 is 0 Å². The molecule has 1 aliphatic carbocycles. The van der Waals surface area contributed by atoms with Gasteiger partial charge in [-0.15, -0.1) is 0 Å². The van der Waals surface area contributed by atoms with E-state index in [1.54, 1.807) is 29.9 Å². The van der Waals surface area contributed by atoms with Crippen molar-refractivity contribution in [1.29, 1.82) is 0 Å². The topological polar surface area (TPSA) is 72.7 Å². The Balaban J connectivity index is 1.40. The lowest BCUT2D eigenvalue weighted by molar-refractivity contribution is -0.120. The Kier molecular flexibility index (Phi) is 4.56. The van der Waals surface area contributed by atoms with Crippen LogP contribution in [0.5, 0.6) is 0 Å². The van der Waals surface area contributed by atoms with Crippen molar-refractivity contribution in [2.75, 3.05) is 6.54 Å². The normalized spacial score (nSPS) is 13.8. The molecule has 1 saturated carbocycles. The molecule has 3 aromatic rings. The van der Waals surface area contributed by atoms with Gasteiger partial charge in [0.15, 0.2) is 0 Å². The molecule has 0 radical (unpaired) electrons. The third-order valence-corrected chi connectivity index (χ3v) is 4.95. The summed E-state index contributed by atoms with van der Waals surface area (Å²) in [6, 6.07) is 4.09. The summed E-state index contributed by atoms with van der Waals surface area (Å²) in [5, 5.41) is 11.7. The number of carbonyl (C=O) groups excluding carboxylic acids is 1. The van der Waals surface area contributed by atoms with Gasteiger partial charge in [0.2, 0.25) is 5.91 Å². The quantitative estimate of drug-likeness (QED) is 0.709. The fourth-order valence-corrected chi connectivity index (χ4v) is 3.49. The Bertz CT molecular complexity index is 840. The highest BCUT2D eigenvalue weighted by molar-refractivity contribution is 7.08. The van der Waals surface area contributed by atoms with E-state index in [0.717, 1.165) is 17.0 Å². The van der Waals surface area contributed by atoms with E-state index in [2.05, 4.69) is 26.4 Å². The summed E-state index contributed by atoms with van der Waals surface area (Å²) < 4.78 is 2.01. The van der Waals surface area contributed by atoms with Gasteiger partial charge in [0.1, 0.15) is 11.4 Å². The van der Waals surface area contributed by atoms with E-state index >= 15 is 0 Å². The molecule has 0 spiro atoms. The maximum absolute atomic E-state index is 12.0. The fourth-order valence-electron chi connectivity index (χ4n) is 2.82. The maximum Gasteiger partial charge on any atom is 0.224 e. The lowest BCUT2D eigenvalue weighted by Crippen LogP contribution is -2.29. The highest BCUT2D eigenvalue weighted by Gasteiger charge is 2.28. The molecule has 6 nitrogen and oxygen atoms in total. The summed E-state index contributed by atoms with van der Waals surface area (Å²) in [5.41, 5.74) is 3.92. The second kappa shape index (κ2) is 7.14. The summed E-state index contributed by atoms with van der Waals surface area (Å²) in [7, 11) is 0. The van der Waals surface area contributed by atoms with Crippen LogP contribution in [0, 0.1) is 0 Å². The standard InChI is InChI=1S/C18H19N5OS/c24-18(9-13-3-8-25-12-13)21-6-7-23-17(14-1-2-14)10-15(22-23)16-11-19-4-5-20-16/h3-5,8,10-12,14H,1-2,6-7,9H2,(H,21,24). The second-order valence-corrected chi connectivity index (χ2v) is 6.98. The molecular weight excluding hydrogens is 334 g/mol. The first-order chi connectivity index (χ1) is 12.3. The molecule has 0 saturated heterocycles. The predicted octanol–water partition coefficient (Wildman–Crippen LogP) is 2.64. The summed E-state index contributed by atoms with van der Waals surface area (Å²) >= 11 is 1.61. The molecule has 0 aliphatic heterocycles. The van der Waals surface area contributed by atoms with Crippen LogP contribution in [0.15, 0.2) is 41.5 Å². The van der Waals surface area contributed by atoms with Gasteiger partial charge in [0.25, 0.3) is 0 Å². The Morgan fingerprint density at radius 3 is 2.96 bits per heavy atom. The molecule has 3 heterocycles. The second-order valence-electron chi connectivity index (χ2n) is 6.20. The van der Waals surface area contributed by atoms with Crippen molar-refractivity contribution in [3.63, 3.8) is 0 Å². The van der Waals surface area contributed by atoms with E-state index in [0.29, 0.717) is 25.4 Å². The molecule has 1 amide bonds. The Morgan fingerprint density at radius 1 is 1.32 bits per heavy atom. The zero-order valence-electron chi connectivity index (χ0n) is 13.8. The molecule has 1 N–H and O–H groups in total. The molecule has 0 atom stereocenters. The number of rotatable bonds is 7. The number of nitrogens with one attached hydrogen (secondary N) is 1. The first-order valence-corrected chi connectivity index (χ1v) is 9.36. The molecule has 25 heavy (non-hydrogen) atoms.